The largest absolute Gasteiger partial charge is 0.475 e. The summed E-state index contributed by atoms with van der Waals surface area (Å²) in [4.78, 5) is 10.7. The summed E-state index contributed by atoms with van der Waals surface area (Å²) in [5.74, 6) is -1.37. The highest BCUT2D eigenvalue weighted by atomic mass is 16.5. The molecule has 0 unspecified atom stereocenters. The molecule has 2 heterocycles. The fourth-order valence-electron chi connectivity index (χ4n) is 1.79. The quantitative estimate of drug-likeness (QED) is 0.744. The van der Waals surface area contributed by atoms with Gasteiger partial charge in [0, 0.05) is 17.0 Å². The van der Waals surface area contributed by atoms with E-state index in [4.69, 9.17) is 14.2 Å². The van der Waals surface area contributed by atoms with E-state index in [2.05, 4.69) is 10.3 Å². The third kappa shape index (κ3) is 1.46. The van der Waals surface area contributed by atoms with Gasteiger partial charge in [-0.05, 0) is 19.1 Å². The third-order valence-electron chi connectivity index (χ3n) is 2.68. The maximum Gasteiger partial charge on any atom is 0.374 e. The minimum atomic E-state index is -1.16. The minimum Gasteiger partial charge on any atom is -0.475 e. The molecule has 1 N–H and O–H groups in total. The molecule has 0 aliphatic heterocycles. The molecule has 0 spiro atoms. The van der Waals surface area contributed by atoms with Gasteiger partial charge in [0.1, 0.15) is 5.69 Å². The minimum absolute atomic E-state index is 0.210. The first-order valence-electron chi connectivity index (χ1n) is 5.22. The number of nitrogens with zero attached hydrogens (tertiary/aromatic N) is 2. The van der Waals surface area contributed by atoms with Gasteiger partial charge in [-0.2, -0.15) is 0 Å². The van der Waals surface area contributed by atoms with Crippen molar-refractivity contribution in [2.24, 2.45) is 0 Å². The molecule has 6 nitrogen and oxygen atoms in total. The number of aromatic nitrogens is 2. The molecule has 0 fully saturated rings. The number of para-hydroxylation sites is 1. The van der Waals surface area contributed by atoms with E-state index in [1.807, 2.05) is 19.1 Å². The van der Waals surface area contributed by atoms with Gasteiger partial charge < -0.3 is 14.2 Å². The fraction of sp³-hybridized carbons (Fsp3) is 0.0833. The molecular weight excluding hydrogens is 236 g/mol. The van der Waals surface area contributed by atoms with Gasteiger partial charge in [-0.25, -0.2) is 4.79 Å². The van der Waals surface area contributed by atoms with Gasteiger partial charge >= 0.3 is 5.97 Å². The average molecular weight is 244 g/mol. The van der Waals surface area contributed by atoms with Gasteiger partial charge in [-0.1, -0.05) is 16.4 Å². The first-order valence-corrected chi connectivity index (χ1v) is 5.22. The van der Waals surface area contributed by atoms with Crippen molar-refractivity contribution in [2.75, 3.05) is 0 Å². The van der Waals surface area contributed by atoms with Crippen molar-refractivity contribution in [1.82, 2.24) is 10.3 Å². The molecule has 6 heteroatoms. The number of fused-ring (bicyclic) bond motifs is 1. The Labute approximate surface area is 101 Å². The first-order chi connectivity index (χ1) is 8.66. The number of aryl methyl sites for hydroxylation is 1. The molecule has 0 radical (unpaired) electrons. The van der Waals surface area contributed by atoms with Crippen molar-refractivity contribution in [2.45, 2.75) is 6.92 Å². The van der Waals surface area contributed by atoms with Crippen LogP contribution in [0.5, 0.6) is 0 Å². The number of rotatable bonds is 2. The molecule has 0 bridgehead atoms. The van der Waals surface area contributed by atoms with Crippen molar-refractivity contribution < 1.29 is 18.9 Å². The summed E-state index contributed by atoms with van der Waals surface area (Å²) in [5.41, 5.74) is 2.41. The Morgan fingerprint density at radius 2 is 2.11 bits per heavy atom. The predicted molar refractivity (Wildman–Crippen MR) is 61.2 cm³/mol. The molecule has 0 amide bonds. The Morgan fingerprint density at radius 3 is 2.83 bits per heavy atom. The van der Waals surface area contributed by atoms with Crippen LogP contribution in [0.4, 0.5) is 0 Å². The molecule has 3 rings (SSSR count). The molecule has 3 aromatic rings. The summed E-state index contributed by atoms with van der Waals surface area (Å²) < 4.78 is 9.95. The molecule has 0 aliphatic carbocycles. The van der Waals surface area contributed by atoms with Crippen LogP contribution < -0.4 is 0 Å². The molecule has 90 valence electrons. The van der Waals surface area contributed by atoms with Crippen LogP contribution in [0.2, 0.25) is 0 Å². The van der Waals surface area contributed by atoms with Crippen LogP contribution in [-0.2, 0) is 0 Å². The maximum atomic E-state index is 10.7. The Hall–Kier alpha value is -2.63. The highest BCUT2D eigenvalue weighted by Gasteiger charge is 2.16. The third-order valence-corrected chi connectivity index (χ3v) is 2.68. The van der Waals surface area contributed by atoms with E-state index in [-0.39, 0.29) is 5.76 Å². The summed E-state index contributed by atoms with van der Waals surface area (Å²) in [6.45, 7) is 1.83. The second-order valence-electron chi connectivity index (χ2n) is 3.83. The second kappa shape index (κ2) is 3.69. The molecule has 0 atom stereocenters. The highest BCUT2D eigenvalue weighted by Crippen LogP contribution is 2.29. The predicted octanol–water partition coefficient (Wildman–Crippen LogP) is 2.49. The smallest absolute Gasteiger partial charge is 0.374 e. The number of hydrogen-bond donors (Lipinski definition) is 1. The maximum absolute atomic E-state index is 10.7. The van der Waals surface area contributed by atoms with E-state index in [0.29, 0.717) is 16.8 Å². The van der Waals surface area contributed by atoms with E-state index < -0.39 is 5.97 Å². The zero-order valence-corrected chi connectivity index (χ0v) is 9.38. The molecular formula is C12H8N2O4. The Morgan fingerprint density at radius 1 is 1.28 bits per heavy atom. The van der Waals surface area contributed by atoms with E-state index in [9.17, 15) is 4.79 Å². The fourth-order valence-corrected chi connectivity index (χ4v) is 1.79. The zero-order chi connectivity index (χ0) is 12.7. The number of benzene rings is 1. The molecule has 0 aliphatic rings. The lowest BCUT2D eigenvalue weighted by Crippen LogP contribution is -1.91. The van der Waals surface area contributed by atoms with Crippen LogP contribution in [-0.4, -0.2) is 21.4 Å². The lowest BCUT2D eigenvalue weighted by Gasteiger charge is -1.95. The van der Waals surface area contributed by atoms with Crippen molar-refractivity contribution in [3.8, 4) is 11.3 Å². The van der Waals surface area contributed by atoms with Gasteiger partial charge in [0.15, 0.2) is 5.58 Å². The lowest BCUT2D eigenvalue weighted by atomic mass is 10.1. The SMILES string of the molecule is Cc1noc2c(-c3cc(C(=O)O)on3)cccc12. The number of carbonyl (C=O) groups is 1. The second-order valence-corrected chi connectivity index (χ2v) is 3.83. The molecule has 18 heavy (non-hydrogen) atoms. The monoisotopic (exact) mass is 244 g/mol. The Kier molecular flexibility index (Phi) is 2.16. The van der Waals surface area contributed by atoms with Crippen LogP contribution in [0.15, 0.2) is 33.3 Å². The van der Waals surface area contributed by atoms with Crippen LogP contribution >= 0.6 is 0 Å². The van der Waals surface area contributed by atoms with Crippen molar-refractivity contribution >= 4 is 16.9 Å². The summed E-state index contributed by atoms with van der Waals surface area (Å²) in [5, 5.41) is 17.3. The molecule has 0 saturated carbocycles. The number of aromatic carboxylic acids is 1. The lowest BCUT2D eigenvalue weighted by molar-refractivity contribution is 0.0652. The standard InChI is InChI=1S/C12H8N2O4/c1-6-7-3-2-4-8(11(7)18-13-6)9-5-10(12(15)16)17-14-9/h2-5H,1H3,(H,15,16). The van der Waals surface area contributed by atoms with Crippen LogP contribution in [0.25, 0.3) is 22.2 Å². The summed E-state index contributed by atoms with van der Waals surface area (Å²) in [7, 11) is 0. The zero-order valence-electron chi connectivity index (χ0n) is 9.38. The van der Waals surface area contributed by atoms with Crippen LogP contribution in [0.3, 0.4) is 0 Å². The molecule has 0 saturated heterocycles. The summed E-state index contributed by atoms with van der Waals surface area (Å²) in [6, 6.07) is 6.84. The Bertz CT molecular complexity index is 741. The topological polar surface area (TPSA) is 89.4 Å². The summed E-state index contributed by atoms with van der Waals surface area (Å²) >= 11 is 0. The number of carboxylic acids is 1. The van der Waals surface area contributed by atoms with Crippen molar-refractivity contribution in [1.29, 1.82) is 0 Å². The van der Waals surface area contributed by atoms with Gasteiger partial charge in [0.25, 0.3) is 0 Å². The van der Waals surface area contributed by atoms with E-state index in [1.54, 1.807) is 6.07 Å². The van der Waals surface area contributed by atoms with Gasteiger partial charge in [-0.15, -0.1) is 0 Å². The number of hydrogen-bond acceptors (Lipinski definition) is 5. The molecule has 1 aromatic carbocycles. The van der Waals surface area contributed by atoms with Crippen molar-refractivity contribution in [3.63, 3.8) is 0 Å². The van der Waals surface area contributed by atoms with E-state index in [0.717, 1.165) is 11.1 Å². The van der Waals surface area contributed by atoms with E-state index >= 15 is 0 Å². The van der Waals surface area contributed by atoms with Crippen LogP contribution in [0.1, 0.15) is 16.2 Å². The van der Waals surface area contributed by atoms with Crippen LogP contribution in [0, 0.1) is 6.92 Å². The van der Waals surface area contributed by atoms with E-state index in [1.165, 1.54) is 6.07 Å². The average Bonchev–Trinajstić information content (AvgIpc) is 2.97. The van der Waals surface area contributed by atoms with Gasteiger partial charge in [0.05, 0.1) is 5.69 Å². The normalized spacial score (nSPS) is 10.9. The van der Waals surface area contributed by atoms with Gasteiger partial charge in [-0.3, -0.25) is 0 Å². The van der Waals surface area contributed by atoms with Crippen molar-refractivity contribution in [3.05, 3.63) is 35.7 Å². The Balaban J connectivity index is 2.21. The molecule has 2 aromatic heterocycles. The summed E-state index contributed by atoms with van der Waals surface area (Å²) in [6.07, 6.45) is 0. The van der Waals surface area contributed by atoms with Gasteiger partial charge in [0.2, 0.25) is 5.76 Å². The number of carboxylic acid groups (broad SMARTS) is 1. The highest BCUT2D eigenvalue weighted by molar-refractivity contribution is 5.93. The first kappa shape index (κ1) is 10.5.